The van der Waals surface area contributed by atoms with Crippen LogP contribution in [0.4, 0.5) is 5.69 Å². The lowest BCUT2D eigenvalue weighted by atomic mass is 10.1. The topological polar surface area (TPSA) is 102 Å². The van der Waals surface area contributed by atoms with Crippen LogP contribution in [-0.2, 0) is 0 Å². The van der Waals surface area contributed by atoms with E-state index in [1.807, 2.05) is 66.9 Å². The summed E-state index contributed by atoms with van der Waals surface area (Å²) in [7, 11) is 0. The molecule has 3 aromatic heterocycles. The lowest BCUT2D eigenvalue weighted by Crippen LogP contribution is -2.12. The molecule has 0 aliphatic carbocycles. The van der Waals surface area contributed by atoms with Crippen molar-refractivity contribution >= 4 is 22.6 Å². The Hall–Kier alpha value is -4.13. The first-order chi connectivity index (χ1) is 13.8. The Kier molecular flexibility index (Phi) is 3.76. The number of anilines is 1. The van der Waals surface area contributed by atoms with Crippen molar-refractivity contribution in [3.05, 3.63) is 78.8 Å². The van der Waals surface area contributed by atoms with Crippen molar-refractivity contribution in [1.29, 1.82) is 0 Å². The molecule has 0 spiro atoms. The molecule has 0 unspecified atom stereocenters. The van der Waals surface area contributed by atoms with Crippen LogP contribution in [0.25, 0.3) is 33.7 Å². The molecule has 28 heavy (non-hydrogen) atoms. The van der Waals surface area contributed by atoms with Crippen LogP contribution >= 0.6 is 0 Å². The highest BCUT2D eigenvalue weighted by Crippen LogP contribution is 2.26. The molecule has 7 nitrogen and oxygen atoms in total. The predicted molar refractivity (Wildman–Crippen MR) is 108 cm³/mol. The number of benzene rings is 2. The van der Waals surface area contributed by atoms with Gasteiger partial charge in [-0.05, 0) is 29.3 Å². The normalized spacial score (nSPS) is 11.0. The summed E-state index contributed by atoms with van der Waals surface area (Å²) in [4.78, 5) is 23.5. The highest BCUT2D eigenvalue weighted by Gasteiger charge is 2.17. The minimum atomic E-state index is -0.249. The van der Waals surface area contributed by atoms with Gasteiger partial charge in [0.05, 0.1) is 16.7 Å². The van der Waals surface area contributed by atoms with Gasteiger partial charge < -0.3 is 15.3 Å². The van der Waals surface area contributed by atoms with Gasteiger partial charge in [-0.3, -0.25) is 9.89 Å². The third-order valence-corrected chi connectivity index (χ3v) is 4.54. The van der Waals surface area contributed by atoms with E-state index in [0.29, 0.717) is 22.9 Å². The highest BCUT2D eigenvalue weighted by molar-refractivity contribution is 6.05. The summed E-state index contributed by atoms with van der Waals surface area (Å²) in [6.07, 6.45) is 3.46. The van der Waals surface area contributed by atoms with E-state index < -0.39 is 0 Å². The third-order valence-electron chi connectivity index (χ3n) is 4.54. The molecule has 0 radical (unpaired) electrons. The van der Waals surface area contributed by atoms with Gasteiger partial charge in [-0.2, -0.15) is 5.10 Å². The molecular weight excluding hydrogens is 352 g/mol. The summed E-state index contributed by atoms with van der Waals surface area (Å²) < 4.78 is 0. The first-order valence-electron chi connectivity index (χ1n) is 8.82. The maximum atomic E-state index is 12.7. The fraction of sp³-hybridized carbons (Fsp3) is 0. The number of imidazole rings is 1. The zero-order valence-electron chi connectivity index (χ0n) is 14.7. The number of para-hydroxylation sites is 2. The predicted octanol–water partition coefficient (Wildman–Crippen LogP) is 4.20. The maximum absolute atomic E-state index is 12.7. The molecule has 0 aliphatic rings. The first-order valence-corrected chi connectivity index (χ1v) is 8.82. The SMILES string of the molecule is O=C(Nc1c[nH]nc1-c1nc2ccccc2[nH]1)c1cc(-c2ccccc2)c[nH]1. The zero-order chi connectivity index (χ0) is 18.9. The largest absolute Gasteiger partial charge is 0.357 e. The fourth-order valence-electron chi connectivity index (χ4n) is 3.14. The number of H-pyrrole nitrogens is 3. The number of rotatable bonds is 4. The van der Waals surface area contributed by atoms with Crippen LogP contribution < -0.4 is 5.32 Å². The van der Waals surface area contributed by atoms with Crippen molar-refractivity contribution < 1.29 is 4.79 Å². The number of carbonyl (C=O) groups is 1. The number of nitrogens with zero attached hydrogens (tertiary/aromatic N) is 2. The summed E-state index contributed by atoms with van der Waals surface area (Å²) in [5.74, 6) is 0.343. The molecule has 0 saturated heterocycles. The lowest BCUT2D eigenvalue weighted by Gasteiger charge is -2.02. The van der Waals surface area contributed by atoms with Gasteiger partial charge in [0, 0.05) is 12.4 Å². The Morgan fingerprint density at radius 3 is 2.61 bits per heavy atom. The summed E-state index contributed by atoms with van der Waals surface area (Å²) in [5.41, 5.74) is 5.33. The fourth-order valence-corrected chi connectivity index (χ4v) is 3.14. The Morgan fingerprint density at radius 2 is 1.75 bits per heavy atom. The van der Waals surface area contributed by atoms with Crippen molar-refractivity contribution in [2.45, 2.75) is 0 Å². The second-order valence-electron chi connectivity index (χ2n) is 6.37. The summed E-state index contributed by atoms with van der Waals surface area (Å²) in [6.45, 7) is 0. The van der Waals surface area contributed by atoms with Crippen LogP contribution in [0.3, 0.4) is 0 Å². The average Bonchev–Trinajstić information content (AvgIpc) is 3.47. The maximum Gasteiger partial charge on any atom is 0.272 e. The second kappa shape index (κ2) is 6.55. The molecule has 4 N–H and O–H groups in total. The molecular formula is C21H16N6O. The molecule has 2 aromatic carbocycles. The first kappa shape index (κ1) is 16.1. The van der Waals surface area contributed by atoms with E-state index >= 15 is 0 Å². The average molecular weight is 368 g/mol. The lowest BCUT2D eigenvalue weighted by molar-refractivity contribution is 0.102. The minimum absolute atomic E-state index is 0.249. The molecule has 7 heteroatoms. The molecule has 136 valence electrons. The number of fused-ring (bicyclic) bond motifs is 1. The molecule has 0 bridgehead atoms. The number of nitrogens with one attached hydrogen (secondary N) is 4. The van der Waals surface area contributed by atoms with E-state index in [1.54, 1.807) is 6.20 Å². The van der Waals surface area contributed by atoms with Crippen molar-refractivity contribution in [3.63, 3.8) is 0 Å². The molecule has 5 aromatic rings. The van der Waals surface area contributed by atoms with E-state index in [-0.39, 0.29) is 5.91 Å². The molecule has 0 aliphatic heterocycles. The number of carbonyl (C=O) groups excluding carboxylic acids is 1. The smallest absolute Gasteiger partial charge is 0.272 e. The van der Waals surface area contributed by atoms with Crippen molar-refractivity contribution in [2.75, 3.05) is 5.32 Å². The van der Waals surface area contributed by atoms with Gasteiger partial charge in [0.25, 0.3) is 5.91 Å². The molecule has 0 fully saturated rings. The molecule has 0 atom stereocenters. The molecule has 1 amide bonds. The number of hydrogen-bond donors (Lipinski definition) is 4. The minimum Gasteiger partial charge on any atom is -0.357 e. The summed E-state index contributed by atoms with van der Waals surface area (Å²) >= 11 is 0. The van der Waals surface area contributed by atoms with E-state index in [1.165, 1.54) is 0 Å². The standard InChI is InChI=1S/C21H16N6O/c28-21(17-10-14(11-22-17)13-6-2-1-3-7-13)26-18-12-23-27-19(18)20-24-15-8-4-5-9-16(15)25-20/h1-12,22H,(H,23,27)(H,24,25)(H,26,28). The van der Waals surface area contributed by atoms with Crippen LogP contribution in [0.15, 0.2) is 73.1 Å². The van der Waals surface area contributed by atoms with E-state index in [2.05, 4.69) is 30.5 Å². The number of aromatic nitrogens is 5. The summed E-state index contributed by atoms with van der Waals surface area (Å²) in [5, 5.41) is 9.92. The van der Waals surface area contributed by atoms with Gasteiger partial charge in [-0.25, -0.2) is 4.98 Å². The van der Waals surface area contributed by atoms with E-state index in [0.717, 1.165) is 22.2 Å². The molecule has 3 heterocycles. The van der Waals surface area contributed by atoms with Gasteiger partial charge in [-0.1, -0.05) is 42.5 Å². The monoisotopic (exact) mass is 368 g/mol. The van der Waals surface area contributed by atoms with Crippen molar-refractivity contribution in [1.82, 2.24) is 25.1 Å². The van der Waals surface area contributed by atoms with Gasteiger partial charge in [0.15, 0.2) is 11.5 Å². The van der Waals surface area contributed by atoms with Gasteiger partial charge in [0.2, 0.25) is 0 Å². The van der Waals surface area contributed by atoms with E-state index in [4.69, 9.17) is 0 Å². The molecule has 5 rings (SSSR count). The third kappa shape index (κ3) is 2.84. The number of amides is 1. The van der Waals surface area contributed by atoms with Crippen LogP contribution in [0, 0.1) is 0 Å². The Morgan fingerprint density at radius 1 is 0.929 bits per heavy atom. The summed E-state index contributed by atoms with van der Waals surface area (Å²) in [6, 6.07) is 19.4. The second-order valence-corrected chi connectivity index (χ2v) is 6.37. The Labute approximate surface area is 159 Å². The van der Waals surface area contributed by atoms with Gasteiger partial charge in [0.1, 0.15) is 5.69 Å². The van der Waals surface area contributed by atoms with Crippen molar-refractivity contribution in [3.8, 4) is 22.6 Å². The van der Waals surface area contributed by atoms with Gasteiger partial charge >= 0.3 is 0 Å². The Bertz CT molecular complexity index is 1230. The quantitative estimate of drug-likeness (QED) is 0.382. The highest BCUT2D eigenvalue weighted by atomic mass is 16.1. The Balaban J connectivity index is 1.41. The zero-order valence-corrected chi connectivity index (χ0v) is 14.7. The van der Waals surface area contributed by atoms with Crippen LogP contribution in [0.2, 0.25) is 0 Å². The molecule has 0 saturated carbocycles. The van der Waals surface area contributed by atoms with Crippen LogP contribution in [-0.4, -0.2) is 31.1 Å². The van der Waals surface area contributed by atoms with Crippen molar-refractivity contribution in [2.24, 2.45) is 0 Å². The van der Waals surface area contributed by atoms with E-state index in [9.17, 15) is 4.79 Å². The van der Waals surface area contributed by atoms with Crippen LogP contribution in [0.5, 0.6) is 0 Å². The van der Waals surface area contributed by atoms with Crippen LogP contribution in [0.1, 0.15) is 10.5 Å². The van der Waals surface area contributed by atoms with Gasteiger partial charge in [-0.15, -0.1) is 0 Å². The number of aromatic amines is 3. The number of hydrogen-bond acceptors (Lipinski definition) is 3.